The number of rotatable bonds is 5. The largest absolute Gasteiger partial charge is 0.462 e. The third-order valence-corrected chi connectivity index (χ3v) is 6.31. The Morgan fingerprint density at radius 2 is 2.05 bits per heavy atom. The molecule has 0 N–H and O–H groups in total. The van der Waals surface area contributed by atoms with Crippen LogP contribution in [0, 0.1) is 6.92 Å². The molecule has 1 heterocycles. The number of hydrogen-bond acceptors (Lipinski definition) is 5. The maximum absolute atomic E-state index is 12.6. The topological polar surface area (TPSA) is 63.7 Å². The average molecular weight is 339 g/mol. The number of carbonyl (C=O) groups is 1. The highest BCUT2D eigenvalue weighted by atomic mass is 32.2. The van der Waals surface area contributed by atoms with Crippen molar-refractivity contribution in [2.45, 2.75) is 18.1 Å². The first kappa shape index (κ1) is 16.5. The van der Waals surface area contributed by atoms with Gasteiger partial charge in [-0.15, -0.1) is 11.3 Å². The van der Waals surface area contributed by atoms with Gasteiger partial charge >= 0.3 is 5.97 Å². The Morgan fingerprint density at radius 1 is 1.32 bits per heavy atom. The van der Waals surface area contributed by atoms with E-state index >= 15 is 0 Å². The monoisotopic (exact) mass is 339 g/mol. The normalized spacial score (nSPS) is 11.2. The van der Waals surface area contributed by atoms with Gasteiger partial charge in [0, 0.05) is 7.05 Å². The molecule has 1 aromatic heterocycles. The van der Waals surface area contributed by atoms with Crippen LogP contribution < -0.4 is 4.31 Å². The third kappa shape index (κ3) is 3.15. The van der Waals surface area contributed by atoms with Crippen LogP contribution in [0.5, 0.6) is 0 Å². The molecule has 1 aromatic carbocycles. The van der Waals surface area contributed by atoms with Gasteiger partial charge in [-0.1, -0.05) is 12.1 Å². The molecule has 0 atom stereocenters. The fourth-order valence-corrected chi connectivity index (χ4v) is 4.38. The number of nitrogens with zero attached hydrogens (tertiary/aromatic N) is 1. The molecule has 0 unspecified atom stereocenters. The number of hydrogen-bond donors (Lipinski definition) is 0. The summed E-state index contributed by atoms with van der Waals surface area (Å²) in [5.41, 5.74) is 1.55. The van der Waals surface area contributed by atoms with Crippen molar-refractivity contribution in [2.75, 3.05) is 18.0 Å². The predicted molar refractivity (Wildman–Crippen MR) is 87.0 cm³/mol. The van der Waals surface area contributed by atoms with E-state index in [2.05, 4.69) is 0 Å². The van der Waals surface area contributed by atoms with E-state index in [0.29, 0.717) is 11.3 Å². The number of benzene rings is 1. The lowest BCUT2D eigenvalue weighted by Gasteiger charge is -2.21. The highest BCUT2D eigenvalue weighted by Gasteiger charge is 2.24. The van der Waals surface area contributed by atoms with Gasteiger partial charge in [0.05, 0.1) is 17.9 Å². The standard InChI is InChI=1S/C15H17NO4S2/c1-4-20-15(17)12-8-7-11(2)13(10-12)16(3)22(18,19)14-6-5-9-21-14/h5-10H,4H2,1-3H3. The maximum Gasteiger partial charge on any atom is 0.338 e. The van der Waals surface area contributed by atoms with E-state index in [0.717, 1.165) is 16.9 Å². The van der Waals surface area contributed by atoms with Crippen molar-refractivity contribution in [1.29, 1.82) is 0 Å². The number of sulfonamides is 1. The molecule has 0 aliphatic heterocycles. The first-order valence-corrected chi connectivity index (χ1v) is 9.00. The number of anilines is 1. The molecule has 0 fully saturated rings. The highest BCUT2D eigenvalue weighted by Crippen LogP contribution is 2.28. The Kier molecular flexibility index (Phi) is 4.87. The lowest BCUT2D eigenvalue weighted by molar-refractivity contribution is 0.0526. The fourth-order valence-electron chi connectivity index (χ4n) is 1.96. The summed E-state index contributed by atoms with van der Waals surface area (Å²) < 4.78 is 31.6. The molecule has 0 amide bonds. The second-order valence-corrected chi connectivity index (χ2v) is 7.77. The summed E-state index contributed by atoms with van der Waals surface area (Å²) >= 11 is 1.16. The molecule has 0 spiro atoms. The van der Waals surface area contributed by atoms with Crippen molar-refractivity contribution in [3.8, 4) is 0 Å². The third-order valence-electron chi connectivity index (χ3n) is 3.17. The van der Waals surface area contributed by atoms with Crippen LogP contribution in [-0.2, 0) is 14.8 Å². The van der Waals surface area contributed by atoms with Gasteiger partial charge in [-0.3, -0.25) is 4.31 Å². The molecule has 0 aliphatic rings. The molecule has 0 aliphatic carbocycles. The highest BCUT2D eigenvalue weighted by molar-refractivity contribution is 7.94. The second kappa shape index (κ2) is 6.50. The van der Waals surface area contributed by atoms with Crippen molar-refractivity contribution in [3.63, 3.8) is 0 Å². The van der Waals surface area contributed by atoms with Crippen LogP contribution >= 0.6 is 11.3 Å². The number of carbonyl (C=O) groups excluding carboxylic acids is 1. The van der Waals surface area contributed by atoms with Crippen LogP contribution in [0.2, 0.25) is 0 Å². The molecule has 0 saturated carbocycles. The lowest BCUT2D eigenvalue weighted by atomic mass is 10.1. The zero-order valence-corrected chi connectivity index (χ0v) is 14.2. The lowest BCUT2D eigenvalue weighted by Crippen LogP contribution is -2.26. The quantitative estimate of drug-likeness (QED) is 0.786. The summed E-state index contributed by atoms with van der Waals surface area (Å²) in [6.45, 7) is 3.79. The van der Waals surface area contributed by atoms with Gasteiger partial charge in [-0.2, -0.15) is 0 Å². The van der Waals surface area contributed by atoms with Crippen LogP contribution in [0.25, 0.3) is 0 Å². The summed E-state index contributed by atoms with van der Waals surface area (Å²) in [6, 6.07) is 8.12. The maximum atomic E-state index is 12.6. The van der Waals surface area contributed by atoms with Crippen LogP contribution in [0.3, 0.4) is 0 Å². The van der Waals surface area contributed by atoms with Crippen LogP contribution in [0.1, 0.15) is 22.8 Å². The summed E-state index contributed by atoms with van der Waals surface area (Å²) in [7, 11) is -2.15. The molecular formula is C15H17NO4S2. The Morgan fingerprint density at radius 3 is 2.64 bits per heavy atom. The Balaban J connectivity index is 2.43. The van der Waals surface area contributed by atoms with Crippen LogP contribution in [0.15, 0.2) is 39.9 Å². The van der Waals surface area contributed by atoms with Gasteiger partial charge in [0.25, 0.3) is 10.0 Å². The van der Waals surface area contributed by atoms with Gasteiger partial charge in [0.2, 0.25) is 0 Å². The zero-order valence-electron chi connectivity index (χ0n) is 12.6. The van der Waals surface area contributed by atoms with Gasteiger partial charge in [0.1, 0.15) is 4.21 Å². The Labute approximate surface area is 134 Å². The summed E-state index contributed by atoms with van der Waals surface area (Å²) in [6.07, 6.45) is 0. The van der Waals surface area contributed by atoms with Crippen LogP contribution in [0.4, 0.5) is 5.69 Å². The molecule has 118 valence electrons. The van der Waals surface area contributed by atoms with Gasteiger partial charge in [-0.25, -0.2) is 13.2 Å². The van der Waals surface area contributed by atoms with E-state index in [-0.39, 0.29) is 10.8 Å². The van der Waals surface area contributed by atoms with Gasteiger partial charge in [0.15, 0.2) is 0 Å². The van der Waals surface area contributed by atoms with Crippen molar-refractivity contribution in [1.82, 2.24) is 0 Å². The first-order chi connectivity index (χ1) is 10.4. The molecule has 2 aromatic rings. The van der Waals surface area contributed by atoms with Crippen molar-refractivity contribution in [2.24, 2.45) is 0 Å². The SMILES string of the molecule is CCOC(=O)c1ccc(C)c(N(C)S(=O)(=O)c2cccs2)c1. The summed E-state index contributed by atoms with van der Waals surface area (Å²) in [4.78, 5) is 11.8. The molecular weight excluding hydrogens is 322 g/mol. The van der Waals surface area contributed by atoms with Crippen LogP contribution in [-0.4, -0.2) is 28.0 Å². The first-order valence-electron chi connectivity index (χ1n) is 6.68. The minimum Gasteiger partial charge on any atom is -0.462 e. The van der Waals surface area contributed by atoms with Gasteiger partial charge in [-0.05, 0) is 43.0 Å². The number of ether oxygens (including phenoxy) is 1. The molecule has 2 rings (SSSR count). The molecule has 0 radical (unpaired) electrons. The molecule has 0 saturated heterocycles. The van der Waals surface area contributed by atoms with E-state index in [9.17, 15) is 13.2 Å². The van der Waals surface area contributed by atoms with E-state index in [1.54, 1.807) is 49.6 Å². The molecule has 7 heteroatoms. The molecule has 5 nitrogen and oxygen atoms in total. The van der Waals surface area contributed by atoms with E-state index < -0.39 is 16.0 Å². The predicted octanol–water partition coefficient (Wildman–Crippen LogP) is 3.06. The Hall–Kier alpha value is -1.86. The van der Waals surface area contributed by atoms with Crippen molar-refractivity contribution >= 4 is 33.0 Å². The number of aryl methyl sites for hydroxylation is 1. The Bertz CT molecular complexity index is 767. The van der Waals surface area contributed by atoms with Gasteiger partial charge < -0.3 is 4.74 Å². The zero-order chi connectivity index (χ0) is 16.3. The molecule has 22 heavy (non-hydrogen) atoms. The fraction of sp³-hybridized carbons (Fsp3) is 0.267. The van der Waals surface area contributed by atoms with Crippen molar-refractivity contribution in [3.05, 3.63) is 46.8 Å². The summed E-state index contributed by atoms with van der Waals surface area (Å²) in [5.74, 6) is -0.467. The smallest absolute Gasteiger partial charge is 0.338 e. The minimum atomic E-state index is -3.63. The second-order valence-electron chi connectivity index (χ2n) is 4.63. The van der Waals surface area contributed by atoms with E-state index in [4.69, 9.17) is 4.74 Å². The van der Waals surface area contributed by atoms with E-state index in [1.165, 1.54) is 11.4 Å². The number of thiophene rings is 1. The number of esters is 1. The minimum absolute atomic E-state index is 0.260. The van der Waals surface area contributed by atoms with Crippen molar-refractivity contribution < 1.29 is 17.9 Å². The molecule has 0 bridgehead atoms. The van der Waals surface area contributed by atoms with E-state index in [1.807, 2.05) is 0 Å². The average Bonchev–Trinajstić information content (AvgIpc) is 3.02. The summed E-state index contributed by atoms with van der Waals surface area (Å²) in [5, 5.41) is 1.71.